The van der Waals surface area contributed by atoms with Crippen LogP contribution in [0.25, 0.3) is 0 Å². The summed E-state index contributed by atoms with van der Waals surface area (Å²) in [6.07, 6.45) is 1.88. The maximum atomic E-state index is 12.8. The van der Waals surface area contributed by atoms with Crippen molar-refractivity contribution in [3.05, 3.63) is 11.9 Å². The molecule has 4 heteroatoms. The molecule has 1 unspecified atom stereocenters. The van der Waals surface area contributed by atoms with Gasteiger partial charge in [0.15, 0.2) is 0 Å². The molecule has 2 rings (SSSR count). The number of fused-ring (bicyclic) bond motifs is 1. The van der Waals surface area contributed by atoms with E-state index in [9.17, 15) is 4.39 Å². The fourth-order valence-corrected chi connectivity index (χ4v) is 1.82. The number of hydrogen-bond donors (Lipinski definition) is 0. The van der Waals surface area contributed by atoms with E-state index in [0.29, 0.717) is 6.42 Å². The Morgan fingerprint density at radius 2 is 2.42 bits per heavy atom. The summed E-state index contributed by atoms with van der Waals surface area (Å²) in [6.45, 7) is 1.92. The largest absolute Gasteiger partial charge is 0.252 e. The summed E-state index contributed by atoms with van der Waals surface area (Å²) in [6, 6.07) is 0.0505. The van der Waals surface area contributed by atoms with Gasteiger partial charge in [0.25, 0.3) is 0 Å². The van der Waals surface area contributed by atoms with Crippen molar-refractivity contribution in [2.24, 2.45) is 15.9 Å². The molecular formula is C8H8ClFN2. The van der Waals surface area contributed by atoms with Crippen LogP contribution in [0.1, 0.15) is 13.3 Å². The number of rotatable bonds is 0. The smallest absolute Gasteiger partial charge is 0.218 e. The monoisotopic (exact) mass is 186 g/mol. The molecule has 0 saturated carbocycles. The Bertz CT molecular complexity index is 306. The molecule has 0 saturated heterocycles. The van der Waals surface area contributed by atoms with Crippen LogP contribution in [0.5, 0.6) is 0 Å². The minimum Gasteiger partial charge on any atom is -0.252 e. The molecule has 0 aromatic carbocycles. The molecule has 0 spiro atoms. The molecule has 1 heterocycles. The van der Waals surface area contributed by atoms with E-state index in [-0.39, 0.29) is 23.1 Å². The molecule has 2 aliphatic rings. The Kier molecular flexibility index (Phi) is 1.76. The van der Waals surface area contributed by atoms with Crippen LogP contribution in [0.4, 0.5) is 4.39 Å². The first-order valence-corrected chi connectivity index (χ1v) is 4.22. The van der Waals surface area contributed by atoms with Gasteiger partial charge in [-0.3, -0.25) is 4.99 Å². The van der Waals surface area contributed by atoms with E-state index in [1.807, 2.05) is 6.92 Å². The van der Waals surface area contributed by atoms with E-state index in [1.165, 1.54) is 6.08 Å². The highest BCUT2D eigenvalue weighted by Gasteiger charge is 2.31. The van der Waals surface area contributed by atoms with Crippen molar-refractivity contribution in [2.75, 3.05) is 0 Å². The first-order valence-electron chi connectivity index (χ1n) is 3.85. The van der Waals surface area contributed by atoms with Crippen LogP contribution in [0.3, 0.4) is 0 Å². The fourth-order valence-electron chi connectivity index (χ4n) is 1.57. The molecule has 64 valence electrons. The lowest BCUT2D eigenvalue weighted by atomic mass is 9.97. The van der Waals surface area contributed by atoms with Gasteiger partial charge in [-0.15, -0.1) is 0 Å². The summed E-state index contributed by atoms with van der Waals surface area (Å²) >= 11 is 5.64. The molecule has 0 aromatic rings. The first-order chi connectivity index (χ1) is 5.66. The van der Waals surface area contributed by atoms with Gasteiger partial charge >= 0.3 is 0 Å². The zero-order chi connectivity index (χ0) is 8.72. The maximum absolute atomic E-state index is 12.8. The van der Waals surface area contributed by atoms with Gasteiger partial charge in [0.1, 0.15) is 5.83 Å². The van der Waals surface area contributed by atoms with Crippen molar-refractivity contribution < 1.29 is 4.39 Å². The van der Waals surface area contributed by atoms with Gasteiger partial charge in [-0.05, 0) is 24.6 Å². The quantitative estimate of drug-likeness (QED) is 0.519. The van der Waals surface area contributed by atoms with E-state index >= 15 is 0 Å². The third-order valence-electron chi connectivity index (χ3n) is 2.21. The third-order valence-corrected chi connectivity index (χ3v) is 2.40. The lowest BCUT2D eigenvalue weighted by molar-refractivity contribution is 0.508. The lowest BCUT2D eigenvalue weighted by Crippen LogP contribution is -2.24. The first kappa shape index (κ1) is 7.92. The minimum absolute atomic E-state index is 0.0505. The summed E-state index contributed by atoms with van der Waals surface area (Å²) in [4.78, 5) is 8.02. The van der Waals surface area contributed by atoms with Crippen molar-refractivity contribution in [2.45, 2.75) is 19.4 Å². The Hall–Kier alpha value is -0.700. The van der Waals surface area contributed by atoms with E-state index < -0.39 is 0 Å². The number of hydrogen-bond acceptors (Lipinski definition) is 2. The zero-order valence-electron chi connectivity index (χ0n) is 6.59. The van der Waals surface area contributed by atoms with Crippen LogP contribution in [-0.4, -0.2) is 17.0 Å². The summed E-state index contributed by atoms with van der Waals surface area (Å²) in [7, 11) is 0. The van der Waals surface area contributed by atoms with Gasteiger partial charge in [0.05, 0.1) is 11.8 Å². The van der Waals surface area contributed by atoms with E-state index in [4.69, 9.17) is 11.6 Å². The van der Waals surface area contributed by atoms with Crippen LogP contribution in [0.2, 0.25) is 0 Å². The molecule has 0 aromatic heterocycles. The number of aliphatic imine (C=N–C) groups is 2. The standard InChI is InChI=1S/C8H8ClFN2/c1-4-6-2-5(10)3-7(6)12-8(9)11-4/h3-4,6H,2H2,1H3/t4-,6?/m1/s1. The van der Waals surface area contributed by atoms with Crippen molar-refractivity contribution in [1.82, 2.24) is 0 Å². The summed E-state index contributed by atoms with van der Waals surface area (Å²) in [5.41, 5.74) is 0.736. The SMILES string of the molecule is C[C@H]1N=C(Cl)N=C2C=C(F)CC21. The molecule has 0 bridgehead atoms. The Balaban J connectivity index is 2.35. The third kappa shape index (κ3) is 1.18. The molecule has 2 atom stereocenters. The van der Waals surface area contributed by atoms with E-state index in [1.54, 1.807) is 0 Å². The van der Waals surface area contributed by atoms with Crippen LogP contribution in [0, 0.1) is 5.92 Å². The van der Waals surface area contributed by atoms with Crippen molar-refractivity contribution >= 4 is 22.6 Å². The highest BCUT2D eigenvalue weighted by atomic mass is 35.5. The van der Waals surface area contributed by atoms with Gasteiger partial charge in [-0.1, -0.05) is 0 Å². The van der Waals surface area contributed by atoms with E-state index in [2.05, 4.69) is 9.98 Å². The number of amidine groups is 1. The van der Waals surface area contributed by atoms with Crippen molar-refractivity contribution in [3.8, 4) is 0 Å². The predicted octanol–water partition coefficient (Wildman–Crippen LogP) is 2.30. The highest BCUT2D eigenvalue weighted by molar-refractivity contribution is 6.66. The van der Waals surface area contributed by atoms with Crippen LogP contribution in [0.15, 0.2) is 21.9 Å². The van der Waals surface area contributed by atoms with Gasteiger partial charge in [0, 0.05) is 12.3 Å². The zero-order valence-corrected chi connectivity index (χ0v) is 7.35. The minimum atomic E-state index is -0.118. The summed E-state index contributed by atoms with van der Waals surface area (Å²) in [5, 5.41) is 0.236. The second-order valence-corrected chi connectivity index (χ2v) is 3.42. The van der Waals surface area contributed by atoms with Crippen LogP contribution in [-0.2, 0) is 0 Å². The number of nitrogens with zero attached hydrogens (tertiary/aromatic N) is 2. The van der Waals surface area contributed by atoms with Crippen LogP contribution < -0.4 is 0 Å². The Morgan fingerprint density at radius 1 is 1.67 bits per heavy atom. The van der Waals surface area contributed by atoms with Crippen molar-refractivity contribution in [3.63, 3.8) is 0 Å². The molecule has 12 heavy (non-hydrogen) atoms. The summed E-state index contributed by atoms with van der Waals surface area (Å²) < 4.78 is 12.8. The maximum Gasteiger partial charge on any atom is 0.218 e. The Morgan fingerprint density at radius 3 is 3.17 bits per heavy atom. The Labute approximate surface area is 74.9 Å². The van der Waals surface area contributed by atoms with Crippen molar-refractivity contribution in [1.29, 1.82) is 0 Å². The molecular weight excluding hydrogens is 179 g/mol. The normalized spacial score (nSPS) is 33.8. The van der Waals surface area contributed by atoms with Gasteiger partial charge < -0.3 is 0 Å². The predicted molar refractivity (Wildman–Crippen MR) is 47.5 cm³/mol. The molecule has 2 nitrogen and oxygen atoms in total. The van der Waals surface area contributed by atoms with Crippen LogP contribution >= 0.6 is 11.6 Å². The second kappa shape index (κ2) is 2.66. The molecule has 1 aliphatic carbocycles. The molecule has 1 aliphatic heterocycles. The van der Waals surface area contributed by atoms with Gasteiger partial charge in [-0.2, -0.15) is 0 Å². The average molecular weight is 187 g/mol. The topological polar surface area (TPSA) is 24.7 Å². The van der Waals surface area contributed by atoms with Gasteiger partial charge in [-0.25, -0.2) is 9.38 Å². The molecule has 0 radical (unpaired) electrons. The average Bonchev–Trinajstić information content (AvgIpc) is 2.29. The summed E-state index contributed by atoms with van der Waals surface area (Å²) in [5.74, 6) is -0.0142. The molecule has 0 fully saturated rings. The van der Waals surface area contributed by atoms with E-state index in [0.717, 1.165) is 5.71 Å². The number of halogens is 2. The lowest BCUT2D eigenvalue weighted by Gasteiger charge is -2.19. The number of allylic oxidation sites excluding steroid dienone is 2. The fraction of sp³-hybridized carbons (Fsp3) is 0.500. The molecule has 0 amide bonds. The highest BCUT2D eigenvalue weighted by Crippen LogP contribution is 2.30. The second-order valence-electron chi connectivity index (χ2n) is 3.08. The van der Waals surface area contributed by atoms with Gasteiger partial charge in [0.2, 0.25) is 5.29 Å². The molecule has 0 N–H and O–H groups in total.